The van der Waals surface area contributed by atoms with Crippen molar-refractivity contribution in [1.82, 2.24) is 4.90 Å². The number of amides is 1. The van der Waals surface area contributed by atoms with E-state index in [2.05, 4.69) is 0 Å². The molecule has 0 saturated carbocycles. The summed E-state index contributed by atoms with van der Waals surface area (Å²) < 4.78 is 5.09. The van der Waals surface area contributed by atoms with Crippen molar-refractivity contribution in [2.75, 3.05) is 13.1 Å². The van der Waals surface area contributed by atoms with E-state index >= 15 is 0 Å². The quantitative estimate of drug-likeness (QED) is 0.734. The Morgan fingerprint density at radius 1 is 1.47 bits per heavy atom. The molecule has 0 fully saturated rings. The van der Waals surface area contributed by atoms with Crippen molar-refractivity contribution in [1.29, 1.82) is 0 Å². The lowest BCUT2D eigenvalue weighted by Gasteiger charge is -2.24. The maximum atomic E-state index is 11.6. The average molecular weight is 232 g/mol. The molecule has 1 atom stereocenters. The van der Waals surface area contributed by atoms with Gasteiger partial charge >= 0.3 is 6.09 Å². The van der Waals surface area contributed by atoms with Crippen LogP contribution in [0.15, 0.2) is 0 Å². The van der Waals surface area contributed by atoms with Gasteiger partial charge in [-0.25, -0.2) is 4.79 Å². The molecular weight excluding hydrogens is 212 g/mol. The van der Waals surface area contributed by atoms with Gasteiger partial charge in [0, 0.05) is 19.0 Å². The number of rotatable bonds is 5. The highest BCUT2D eigenvalue weighted by Gasteiger charge is 2.18. The zero-order valence-corrected chi connectivity index (χ0v) is 10.6. The highest BCUT2D eigenvalue weighted by molar-refractivity contribution is 7.80. The van der Waals surface area contributed by atoms with Gasteiger partial charge in [0.25, 0.3) is 0 Å². The van der Waals surface area contributed by atoms with Crippen molar-refractivity contribution >= 4 is 23.3 Å². The molecule has 15 heavy (non-hydrogen) atoms. The molecule has 0 spiro atoms. The van der Waals surface area contributed by atoms with Crippen LogP contribution in [0.5, 0.6) is 0 Å². The molecule has 4 nitrogen and oxygen atoms in total. The van der Waals surface area contributed by atoms with E-state index in [4.69, 9.17) is 22.7 Å². The minimum atomic E-state index is -0.310. The molecule has 0 aliphatic carbocycles. The lowest BCUT2D eigenvalue weighted by atomic mass is 10.2. The summed E-state index contributed by atoms with van der Waals surface area (Å²) in [6, 6.07) is 0. The standard InChI is InChI=1S/C10H20N2O2S/c1-5-12(6-8(4)9(11)15)10(13)14-7(2)3/h7-8H,5-6H2,1-4H3,(H2,11,15). The Hall–Kier alpha value is -0.840. The zero-order chi connectivity index (χ0) is 12.0. The number of nitrogens with zero attached hydrogens (tertiary/aromatic N) is 1. The van der Waals surface area contributed by atoms with Crippen LogP contribution in [-0.2, 0) is 4.74 Å². The first-order valence-corrected chi connectivity index (χ1v) is 5.54. The van der Waals surface area contributed by atoms with Gasteiger partial charge in [-0.15, -0.1) is 0 Å². The topological polar surface area (TPSA) is 55.6 Å². The Morgan fingerprint density at radius 3 is 2.33 bits per heavy atom. The molecule has 5 heteroatoms. The van der Waals surface area contributed by atoms with Crippen molar-refractivity contribution in [3.05, 3.63) is 0 Å². The highest BCUT2D eigenvalue weighted by Crippen LogP contribution is 2.04. The second-order valence-corrected chi connectivity index (χ2v) is 4.25. The van der Waals surface area contributed by atoms with Crippen LogP contribution < -0.4 is 5.73 Å². The van der Waals surface area contributed by atoms with Crippen molar-refractivity contribution in [3.63, 3.8) is 0 Å². The lowest BCUT2D eigenvalue weighted by molar-refractivity contribution is 0.0766. The van der Waals surface area contributed by atoms with E-state index < -0.39 is 0 Å². The van der Waals surface area contributed by atoms with Crippen LogP contribution >= 0.6 is 12.2 Å². The van der Waals surface area contributed by atoms with Gasteiger partial charge < -0.3 is 15.4 Å². The molecule has 0 aromatic heterocycles. The molecule has 0 bridgehead atoms. The molecule has 2 N–H and O–H groups in total. The summed E-state index contributed by atoms with van der Waals surface area (Å²) in [5.41, 5.74) is 5.49. The number of hydrogen-bond acceptors (Lipinski definition) is 3. The summed E-state index contributed by atoms with van der Waals surface area (Å²) >= 11 is 4.86. The number of carbonyl (C=O) groups excluding carboxylic acids is 1. The van der Waals surface area contributed by atoms with Gasteiger partial charge in [0.1, 0.15) is 0 Å². The Kier molecular flexibility index (Phi) is 6.24. The van der Waals surface area contributed by atoms with Crippen molar-refractivity contribution in [2.45, 2.75) is 33.8 Å². The third-order valence-electron chi connectivity index (χ3n) is 1.96. The fourth-order valence-corrected chi connectivity index (χ4v) is 1.10. The summed E-state index contributed by atoms with van der Waals surface area (Å²) in [7, 11) is 0. The monoisotopic (exact) mass is 232 g/mol. The molecule has 1 unspecified atom stereocenters. The number of nitrogens with two attached hydrogens (primary N) is 1. The van der Waals surface area contributed by atoms with Gasteiger partial charge in [-0.2, -0.15) is 0 Å². The minimum Gasteiger partial charge on any atom is -0.447 e. The minimum absolute atomic E-state index is 0.0136. The molecule has 1 amide bonds. The first-order valence-electron chi connectivity index (χ1n) is 5.13. The third-order valence-corrected chi connectivity index (χ3v) is 2.36. The average Bonchev–Trinajstić information content (AvgIpc) is 2.11. The normalized spacial score (nSPS) is 12.3. The predicted octanol–water partition coefficient (Wildman–Crippen LogP) is 1.78. The summed E-state index contributed by atoms with van der Waals surface area (Å²) in [5.74, 6) is 0.0136. The summed E-state index contributed by atoms with van der Waals surface area (Å²) in [5, 5.41) is 0. The van der Waals surface area contributed by atoms with E-state index in [0.717, 1.165) is 0 Å². The smallest absolute Gasteiger partial charge is 0.410 e. The zero-order valence-electron chi connectivity index (χ0n) is 9.82. The van der Waals surface area contributed by atoms with Crippen LogP contribution in [0.25, 0.3) is 0 Å². The van der Waals surface area contributed by atoms with Crippen LogP contribution in [0.4, 0.5) is 4.79 Å². The fourth-order valence-electron chi connectivity index (χ4n) is 1.03. The van der Waals surface area contributed by atoms with E-state index in [0.29, 0.717) is 18.1 Å². The Morgan fingerprint density at radius 2 is 2.00 bits per heavy atom. The van der Waals surface area contributed by atoms with Crippen molar-refractivity contribution < 1.29 is 9.53 Å². The molecular formula is C10H20N2O2S. The third kappa shape index (κ3) is 5.57. The number of carbonyl (C=O) groups is 1. The van der Waals surface area contributed by atoms with Gasteiger partial charge in [0.05, 0.1) is 11.1 Å². The lowest BCUT2D eigenvalue weighted by Crippen LogP contribution is -2.39. The number of hydrogen-bond donors (Lipinski definition) is 1. The van der Waals surface area contributed by atoms with Crippen LogP contribution in [-0.4, -0.2) is 35.2 Å². The van der Waals surface area contributed by atoms with Crippen molar-refractivity contribution in [2.24, 2.45) is 11.7 Å². The van der Waals surface area contributed by atoms with Gasteiger partial charge in [-0.05, 0) is 20.8 Å². The van der Waals surface area contributed by atoms with Gasteiger partial charge in [0.15, 0.2) is 0 Å². The maximum Gasteiger partial charge on any atom is 0.410 e. The predicted molar refractivity (Wildman–Crippen MR) is 64.8 cm³/mol. The van der Waals surface area contributed by atoms with E-state index in [1.165, 1.54) is 0 Å². The molecule has 0 aliphatic rings. The molecule has 0 heterocycles. The largest absolute Gasteiger partial charge is 0.447 e. The van der Waals surface area contributed by atoms with Crippen molar-refractivity contribution in [3.8, 4) is 0 Å². The van der Waals surface area contributed by atoms with Gasteiger partial charge in [-0.1, -0.05) is 19.1 Å². The molecule has 0 radical (unpaired) electrons. The molecule has 0 aromatic carbocycles. The molecule has 0 aromatic rings. The van der Waals surface area contributed by atoms with Crippen LogP contribution in [0.3, 0.4) is 0 Å². The number of thiocarbonyl (C=S) groups is 1. The maximum absolute atomic E-state index is 11.6. The second-order valence-electron chi connectivity index (χ2n) is 3.77. The van der Waals surface area contributed by atoms with E-state index in [-0.39, 0.29) is 18.1 Å². The number of ether oxygens (including phenoxy) is 1. The Labute approximate surface area is 96.8 Å². The van der Waals surface area contributed by atoms with Crippen LogP contribution in [0.1, 0.15) is 27.7 Å². The second kappa shape index (κ2) is 6.61. The van der Waals surface area contributed by atoms with E-state index in [1.54, 1.807) is 4.90 Å². The van der Waals surface area contributed by atoms with Crippen LogP contribution in [0.2, 0.25) is 0 Å². The molecule has 88 valence electrons. The molecule has 0 rings (SSSR count). The Bertz CT molecular complexity index is 231. The molecule has 0 aliphatic heterocycles. The van der Waals surface area contributed by atoms with E-state index in [1.807, 2.05) is 27.7 Å². The first-order chi connectivity index (χ1) is 6.88. The van der Waals surface area contributed by atoms with Crippen LogP contribution in [0, 0.1) is 5.92 Å². The molecule has 0 saturated heterocycles. The Balaban J connectivity index is 4.24. The summed E-state index contributed by atoms with van der Waals surface area (Å²) in [6.45, 7) is 8.54. The summed E-state index contributed by atoms with van der Waals surface area (Å²) in [4.78, 5) is 13.6. The SMILES string of the molecule is CCN(CC(C)C(N)=S)C(=O)OC(C)C. The highest BCUT2D eigenvalue weighted by atomic mass is 32.1. The van der Waals surface area contributed by atoms with E-state index in [9.17, 15) is 4.79 Å². The van der Waals surface area contributed by atoms with Gasteiger partial charge in [-0.3, -0.25) is 0 Å². The fraction of sp³-hybridized carbons (Fsp3) is 0.800. The van der Waals surface area contributed by atoms with Gasteiger partial charge in [0.2, 0.25) is 0 Å². The summed E-state index contributed by atoms with van der Waals surface area (Å²) in [6.07, 6.45) is -0.415. The first kappa shape index (κ1) is 14.2.